The first kappa shape index (κ1) is 19.1. The van der Waals surface area contributed by atoms with Crippen LogP contribution >= 0.6 is 0 Å². The van der Waals surface area contributed by atoms with E-state index < -0.39 is 0 Å². The molecule has 0 saturated carbocycles. The fourth-order valence-corrected chi connectivity index (χ4v) is 3.76. The summed E-state index contributed by atoms with van der Waals surface area (Å²) in [7, 11) is 1.36. The van der Waals surface area contributed by atoms with E-state index in [1.165, 1.54) is 23.9 Å². The Kier molecular flexibility index (Phi) is 5.94. The second kappa shape index (κ2) is 8.37. The lowest BCUT2D eigenvalue weighted by molar-refractivity contribution is -0.140. The molecule has 27 heavy (non-hydrogen) atoms. The number of aryl methyl sites for hydroxylation is 2. The minimum absolute atomic E-state index is 0.0148. The van der Waals surface area contributed by atoms with E-state index in [9.17, 15) is 9.59 Å². The summed E-state index contributed by atoms with van der Waals surface area (Å²) in [5.41, 5.74) is 5.76. The van der Waals surface area contributed by atoms with Crippen molar-refractivity contribution in [3.8, 4) is 5.69 Å². The maximum Gasteiger partial charge on any atom is 0.305 e. The molecule has 1 N–H and O–H groups in total. The number of amides is 1. The van der Waals surface area contributed by atoms with Crippen LogP contribution in [0, 0.1) is 13.8 Å². The molecule has 3 rings (SSSR count). The smallest absolute Gasteiger partial charge is 0.305 e. The van der Waals surface area contributed by atoms with E-state index in [4.69, 9.17) is 0 Å². The van der Waals surface area contributed by atoms with Crippen LogP contribution in [0.1, 0.15) is 60.5 Å². The quantitative estimate of drug-likeness (QED) is 0.793. The highest BCUT2D eigenvalue weighted by Gasteiger charge is 2.26. The summed E-state index contributed by atoms with van der Waals surface area (Å²) in [6.07, 6.45) is 5.85. The molecule has 0 aliphatic heterocycles. The maximum atomic E-state index is 12.3. The van der Waals surface area contributed by atoms with Gasteiger partial charge in [-0.1, -0.05) is 6.07 Å². The van der Waals surface area contributed by atoms with Crippen molar-refractivity contribution in [1.82, 2.24) is 15.1 Å². The number of hydrogen-bond acceptors (Lipinski definition) is 4. The van der Waals surface area contributed by atoms with Crippen LogP contribution < -0.4 is 5.32 Å². The largest absolute Gasteiger partial charge is 0.469 e. The predicted molar refractivity (Wildman–Crippen MR) is 103 cm³/mol. The lowest BCUT2D eigenvalue weighted by Gasteiger charge is -2.24. The first-order chi connectivity index (χ1) is 13.0. The number of rotatable bonds is 6. The van der Waals surface area contributed by atoms with Gasteiger partial charge in [-0.2, -0.15) is 5.10 Å². The summed E-state index contributed by atoms with van der Waals surface area (Å²) < 4.78 is 6.61. The molecule has 0 bridgehead atoms. The summed E-state index contributed by atoms with van der Waals surface area (Å²) in [6.45, 7) is 4.17. The number of aromatic nitrogens is 2. The van der Waals surface area contributed by atoms with Crippen molar-refractivity contribution in [2.24, 2.45) is 0 Å². The van der Waals surface area contributed by atoms with Crippen molar-refractivity contribution in [3.63, 3.8) is 0 Å². The minimum Gasteiger partial charge on any atom is -0.469 e. The topological polar surface area (TPSA) is 73.2 Å². The van der Waals surface area contributed by atoms with Crippen LogP contribution in [0.2, 0.25) is 0 Å². The molecular weight excluding hydrogens is 342 g/mol. The van der Waals surface area contributed by atoms with Crippen LogP contribution in [0.3, 0.4) is 0 Å². The third-order valence-electron chi connectivity index (χ3n) is 4.98. The fourth-order valence-electron chi connectivity index (χ4n) is 3.76. The zero-order chi connectivity index (χ0) is 19.4. The summed E-state index contributed by atoms with van der Waals surface area (Å²) in [4.78, 5) is 23.4. The van der Waals surface area contributed by atoms with E-state index in [0.717, 1.165) is 30.5 Å². The second-order valence-electron chi connectivity index (χ2n) is 7.25. The molecular formula is C21H27N3O3. The van der Waals surface area contributed by atoms with E-state index in [1.807, 2.05) is 10.9 Å². The van der Waals surface area contributed by atoms with E-state index in [-0.39, 0.29) is 24.3 Å². The van der Waals surface area contributed by atoms with Crippen molar-refractivity contribution in [1.29, 1.82) is 0 Å². The van der Waals surface area contributed by atoms with E-state index in [2.05, 4.69) is 47.2 Å². The lowest BCUT2D eigenvalue weighted by atomic mass is 9.92. The zero-order valence-corrected chi connectivity index (χ0v) is 16.2. The number of benzene rings is 1. The molecule has 1 aliphatic rings. The molecule has 1 heterocycles. The van der Waals surface area contributed by atoms with Crippen LogP contribution in [0.5, 0.6) is 0 Å². The van der Waals surface area contributed by atoms with Crippen molar-refractivity contribution >= 4 is 11.9 Å². The van der Waals surface area contributed by atoms with Crippen molar-refractivity contribution in [2.45, 2.75) is 58.4 Å². The molecule has 0 spiro atoms. The molecule has 1 aromatic heterocycles. The number of esters is 1. The number of hydrogen-bond donors (Lipinski definition) is 1. The third-order valence-corrected chi connectivity index (χ3v) is 4.98. The normalized spacial score (nSPS) is 15.9. The molecule has 6 nitrogen and oxygen atoms in total. The number of fused-ring (bicyclic) bond motifs is 1. The molecule has 1 aliphatic carbocycles. The maximum absolute atomic E-state index is 12.3. The van der Waals surface area contributed by atoms with Gasteiger partial charge in [0.05, 0.1) is 25.0 Å². The van der Waals surface area contributed by atoms with Gasteiger partial charge in [-0.3, -0.25) is 9.59 Å². The molecule has 0 fully saturated rings. The summed E-state index contributed by atoms with van der Waals surface area (Å²) >= 11 is 0. The number of methoxy groups -OCH3 is 1. The van der Waals surface area contributed by atoms with E-state index in [0.29, 0.717) is 12.8 Å². The van der Waals surface area contributed by atoms with Gasteiger partial charge in [-0.25, -0.2) is 4.68 Å². The molecule has 144 valence electrons. The number of nitrogens with one attached hydrogen (secondary N) is 1. The molecule has 1 amide bonds. The van der Waals surface area contributed by atoms with E-state index in [1.54, 1.807) is 0 Å². The van der Waals surface area contributed by atoms with Crippen LogP contribution in [0.4, 0.5) is 0 Å². The van der Waals surface area contributed by atoms with Gasteiger partial charge in [0.1, 0.15) is 0 Å². The zero-order valence-electron chi connectivity index (χ0n) is 16.2. The average Bonchev–Trinajstić information content (AvgIpc) is 3.06. The summed E-state index contributed by atoms with van der Waals surface area (Å²) in [5.74, 6) is -0.312. The van der Waals surface area contributed by atoms with Crippen molar-refractivity contribution < 1.29 is 14.3 Å². The van der Waals surface area contributed by atoms with Crippen LogP contribution in [0.25, 0.3) is 5.69 Å². The van der Waals surface area contributed by atoms with Crippen LogP contribution in [-0.4, -0.2) is 28.8 Å². The molecule has 2 aromatic rings. The lowest BCUT2D eigenvalue weighted by Crippen LogP contribution is -2.30. The predicted octanol–water partition coefficient (Wildman–Crippen LogP) is 3.33. The summed E-state index contributed by atoms with van der Waals surface area (Å²) in [6, 6.07) is 6.40. The SMILES string of the molecule is COC(=O)CCCC(=O)N[C@@H]1CCCc2c1cnn2-c1cc(C)cc(C)c1. The van der Waals surface area contributed by atoms with E-state index >= 15 is 0 Å². The van der Waals surface area contributed by atoms with Gasteiger partial charge in [0.15, 0.2) is 0 Å². The van der Waals surface area contributed by atoms with Crippen molar-refractivity contribution in [3.05, 3.63) is 46.8 Å². The third kappa shape index (κ3) is 4.56. The van der Waals surface area contributed by atoms with Gasteiger partial charge in [0, 0.05) is 24.1 Å². The Hall–Kier alpha value is -2.63. The van der Waals surface area contributed by atoms with Crippen molar-refractivity contribution in [2.75, 3.05) is 7.11 Å². The Morgan fingerprint density at radius 2 is 1.96 bits per heavy atom. The Balaban J connectivity index is 1.71. The number of ether oxygens (including phenoxy) is 1. The molecule has 0 unspecified atom stereocenters. The van der Waals surface area contributed by atoms with Gasteiger partial charge in [0.25, 0.3) is 0 Å². The molecule has 1 aromatic carbocycles. The minimum atomic E-state index is -0.280. The van der Waals surface area contributed by atoms with Gasteiger partial charge in [-0.05, 0) is 62.8 Å². The van der Waals surface area contributed by atoms with Gasteiger partial charge >= 0.3 is 5.97 Å². The van der Waals surface area contributed by atoms with Gasteiger partial charge in [0.2, 0.25) is 5.91 Å². The Morgan fingerprint density at radius 3 is 2.67 bits per heavy atom. The molecule has 1 atom stereocenters. The Bertz CT molecular complexity index is 821. The molecule has 0 saturated heterocycles. The summed E-state index contributed by atoms with van der Waals surface area (Å²) in [5, 5.41) is 7.72. The number of nitrogens with zero attached hydrogens (tertiary/aromatic N) is 2. The Labute approximate surface area is 159 Å². The molecule has 0 radical (unpaired) electrons. The standard InChI is InChI=1S/C21H27N3O3/c1-14-10-15(2)12-16(11-14)24-19-7-4-6-18(17(19)13-22-24)23-20(25)8-5-9-21(26)27-3/h10-13,18H,4-9H2,1-3H3,(H,23,25)/t18-/m1/s1. The monoisotopic (exact) mass is 369 g/mol. The highest BCUT2D eigenvalue weighted by Crippen LogP contribution is 2.31. The first-order valence-electron chi connectivity index (χ1n) is 9.49. The number of carbonyl (C=O) groups excluding carboxylic acids is 2. The average molecular weight is 369 g/mol. The fraction of sp³-hybridized carbons (Fsp3) is 0.476. The molecule has 6 heteroatoms. The highest BCUT2D eigenvalue weighted by atomic mass is 16.5. The number of carbonyl (C=O) groups is 2. The van der Waals surface area contributed by atoms with Crippen LogP contribution in [-0.2, 0) is 20.7 Å². The Morgan fingerprint density at radius 1 is 1.22 bits per heavy atom. The first-order valence-corrected chi connectivity index (χ1v) is 9.49. The van der Waals surface area contributed by atoms with Gasteiger partial charge < -0.3 is 10.1 Å². The second-order valence-corrected chi connectivity index (χ2v) is 7.25. The van der Waals surface area contributed by atoms with Crippen LogP contribution in [0.15, 0.2) is 24.4 Å². The highest BCUT2D eigenvalue weighted by molar-refractivity contribution is 5.77. The van der Waals surface area contributed by atoms with Gasteiger partial charge in [-0.15, -0.1) is 0 Å².